The molecule has 126 valence electrons. The third kappa shape index (κ3) is 2.96. The van der Waals surface area contributed by atoms with Crippen LogP contribution in [0, 0.1) is 0 Å². The van der Waals surface area contributed by atoms with Crippen molar-refractivity contribution >= 4 is 21.6 Å². The van der Waals surface area contributed by atoms with Crippen molar-refractivity contribution < 1.29 is 13.2 Å². The number of nitrogens with zero attached hydrogens (tertiary/aromatic N) is 2. The minimum Gasteiger partial charge on any atom is -0.339 e. The molecule has 2 aliphatic rings. The fourth-order valence-electron chi connectivity index (χ4n) is 3.58. The average Bonchev–Trinajstić information content (AvgIpc) is 2.90. The maximum atomic E-state index is 12.6. The van der Waals surface area contributed by atoms with E-state index in [4.69, 9.17) is 0 Å². The SMILES string of the molecule is CCS(=O)(=O)N1c2ccc(C(=O)N3CCCCC3)cc2C[C@@H]1C. The molecule has 1 aromatic rings. The van der Waals surface area contributed by atoms with E-state index in [1.54, 1.807) is 19.1 Å². The van der Waals surface area contributed by atoms with Crippen molar-refractivity contribution in [3.8, 4) is 0 Å². The average molecular weight is 336 g/mol. The molecule has 1 fully saturated rings. The van der Waals surface area contributed by atoms with Crippen molar-refractivity contribution in [1.29, 1.82) is 0 Å². The number of carbonyl (C=O) groups is 1. The first-order chi connectivity index (χ1) is 10.9. The van der Waals surface area contributed by atoms with Crippen molar-refractivity contribution in [2.24, 2.45) is 0 Å². The van der Waals surface area contributed by atoms with Crippen molar-refractivity contribution in [3.63, 3.8) is 0 Å². The second-order valence-electron chi connectivity index (χ2n) is 6.45. The summed E-state index contributed by atoms with van der Waals surface area (Å²) in [7, 11) is -3.28. The lowest BCUT2D eigenvalue weighted by atomic mass is 10.0. The first kappa shape index (κ1) is 16.3. The first-order valence-electron chi connectivity index (χ1n) is 8.38. The summed E-state index contributed by atoms with van der Waals surface area (Å²) < 4.78 is 26.1. The van der Waals surface area contributed by atoms with E-state index in [1.165, 1.54) is 10.7 Å². The van der Waals surface area contributed by atoms with E-state index in [0.717, 1.165) is 37.2 Å². The van der Waals surface area contributed by atoms with Crippen molar-refractivity contribution in [2.75, 3.05) is 23.1 Å². The van der Waals surface area contributed by atoms with E-state index in [-0.39, 0.29) is 17.7 Å². The summed E-state index contributed by atoms with van der Waals surface area (Å²) in [6.45, 7) is 5.22. The topological polar surface area (TPSA) is 57.7 Å². The number of rotatable bonds is 3. The molecule has 0 spiro atoms. The second kappa shape index (κ2) is 6.15. The van der Waals surface area contributed by atoms with Gasteiger partial charge in [-0.05, 0) is 63.3 Å². The van der Waals surface area contributed by atoms with Crippen LogP contribution in [0.4, 0.5) is 5.69 Å². The van der Waals surface area contributed by atoms with Gasteiger partial charge in [0.05, 0.1) is 11.4 Å². The largest absolute Gasteiger partial charge is 0.339 e. The van der Waals surface area contributed by atoms with Crippen LogP contribution >= 0.6 is 0 Å². The van der Waals surface area contributed by atoms with E-state index < -0.39 is 10.0 Å². The summed E-state index contributed by atoms with van der Waals surface area (Å²) in [5.74, 6) is 0.155. The Labute approximate surface area is 138 Å². The van der Waals surface area contributed by atoms with Gasteiger partial charge in [-0.25, -0.2) is 8.42 Å². The molecule has 0 radical (unpaired) electrons. The van der Waals surface area contributed by atoms with Gasteiger partial charge >= 0.3 is 0 Å². The molecule has 6 heteroatoms. The molecule has 5 nitrogen and oxygen atoms in total. The molecule has 2 heterocycles. The Morgan fingerprint density at radius 1 is 1.22 bits per heavy atom. The van der Waals surface area contributed by atoms with E-state index in [1.807, 2.05) is 17.9 Å². The number of hydrogen-bond acceptors (Lipinski definition) is 3. The number of likely N-dealkylation sites (tertiary alicyclic amines) is 1. The minimum atomic E-state index is -3.28. The van der Waals surface area contributed by atoms with Crippen LogP contribution in [-0.2, 0) is 16.4 Å². The van der Waals surface area contributed by atoms with Gasteiger partial charge in [0, 0.05) is 24.7 Å². The number of anilines is 1. The lowest BCUT2D eigenvalue weighted by Gasteiger charge is -2.27. The smallest absolute Gasteiger partial charge is 0.253 e. The van der Waals surface area contributed by atoms with Gasteiger partial charge in [0.1, 0.15) is 0 Å². The third-order valence-corrected chi connectivity index (χ3v) is 6.67. The molecule has 0 aromatic heterocycles. The van der Waals surface area contributed by atoms with Gasteiger partial charge in [-0.2, -0.15) is 0 Å². The number of sulfonamides is 1. The number of hydrogen-bond donors (Lipinski definition) is 0. The van der Waals surface area contributed by atoms with Crippen LogP contribution in [0.2, 0.25) is 0 Å². The standard InChI is InChI=1S/C17H24N2O3S/c1-3-23(21,22)19-13(2)11-15-12-14(7-8-16(15)19)17(20)18-9-5-4-6-10-18/h7-8,12-13H,3-6,9-11H2,1-2H3/t13-/m0/s1. The normalized spacial score (nSPS) is 21.4. The molecule has 0 bridgehead atoms. The molecule has 1 amide bonds. The monoisotopic (exact) mass is 336 g/mol. The molecular formula is C17H24N2O3S. The fraction of sp³-hybridized carbons (Fsp3) is 0.588. The molecule has 1 saturated heterocycles. The van der Waals surface area contributed by atoms with Crippen LogP contribution in [0.25, 0.3) is 0 Å². The van der Waals surface area contributed by atoms with Crippen LogP contribution in [0.5, 0.6) is 0 Å². The zero-order valence-corrected chi connectivity index (χ0v) is 14.6. The Balaban J connectivity index is 1.89. The minimum absolute atomic E-state index is 0.0666. The van der Waals surface area contributed by atoms with Gasteiger partial charge < -0.3 is 4.90 Å². The summed E-state index contributed by atoms with van der Waals surface area (Å²) in [5.41, 5.74) is 2.36. The zero-order valence-electron chi connectivity index (χ0n) is 13.8. The van der Waals surface area contributed by atoms with E-state index in [2.05, 4.69) is 0 Å². The van der Waals surface area contributed by atoms with Gasteiger partial charge in [0.2, 0.25) is 10.0 Å². The van der Waals surface area contributed by atoms with Crippen molar-refractivity contribution in [3.05, 3.63) is 29.3 Å². The van der Waals surface area contributed by atoms with Gasteiger partial charge in [-0.15, -0.1) is 0 Å². The molecule has 0 aliphatic carbocycles. The lowest BCUT2D eigenvalue weighted by molar-refractivity contribution is 0.0724. The Morgan fingerprint density at radius 2 is 1.91 bits per heavy atom. The van der Waals surface area contributed by atoms with Crippen LogP contribution in [0.1, 0.15) is 49.0 Å². The predicted octanol–water partition coefficient (Wildman–Crippen LogP) is 2.41. The number of carbonyl (C=O) groups excluding carboxylic acids is 1. The summed E-state index contributed by atoms with van der Waals surface area (Å²) in [6.07, 6.45) is 3.98. The zero-order chi connectivity index (χ0) is 16.6. The molecule has 0 unspecified atom stereocenters. The highest BCUT2D eigenvalue weighted by Gasteiger charge is 2.34. The highest BCUT2D eigenvalue weighted by Crippen LogP contribution is 2.35. The van der Waals surface area contributed by atoms with Crippen LogP contribution < -0.4 is 4.31 Å². The predicted molar refractivity (Wildman–Crippen MR) is 91.3 cm³/mol. The Kier molecular flexibility index (Phi) is 4.36. The van der Waals surface area contributed by atoms with Crippen LogP contribution in [0.3, 0.4) is 0 Å². The molecule has 0 N–H and O–H groups in total. The van der Waals surface area contributed by atoms with Gasteiger partial charge in [-0.1, -0.05) is 0 Å². The first-order valence-corrected chi connectivity index (χ1v) is 9.99. The highest BCUT2D eigenvalue weighted by molar-refractivity contribution is 7.92. The second-order valence-corrected chi connectivity index (χ2v) is 8.58. The number of fused-ring (bicyclic) bond motifs is 1. The molecular weight excluding hydrogens is 312 g/mol. The van der Waals surface area contributed by atoms with Crippen molar-refractivity contribution in [1.82, 2.24) is 4.90 Å². The maximum absolute atomic E-state index is 12.6. The summed E-state index contributed by atoms with van der Waals surface area (Å²) in [4.78, 5) is 14.5. The van der Waals surface area contributed by atoms with Crippen LogP contribution in [-0.4, -0.2) is 44.1 Å². The third-order valence-electron chi connectivity index (χ3n) is 4.79. The lowest BCUT2D eigenvalue weighted by Crippen LogP contribution is -2.36. The van der Waals surface area contributed by atoms with Crippen molar-refractivity contribution in [2.45, 2.75) is 45.6 Å². The number of amides is 1. The molecule has 1 atom stereocenters. The Hall–Kier alpha value is -1.56. The maximum Gasteiger partial charge on any atom is 0.253 e. The fourth-order valence-corrected chi connectivity index (χ4v) is 4.96. The van der Waals surface area contributed by atoms with Gasteiger partial charge in [-0.3, -0.25) is 9.10 Å². The summed E-state index contributed by atoms with van der Waals surface area (Å²) in [6, 6.07) is 5.36. The quantitative estimate of drug-likeness (QED) is 0.852. The van der Waals surface area contributed by atoms with E-state index >= 15 is 0 Å². The molecule has 0 saturated carbocycles. The number of piperidine rings is 1. The Morgan fingerprint density at radius 3 is 2.57 bits per heavy atom. The molecule has 1 aromatic carbocycles. The highest BCUT2D eigenvalue weighted by atomic mass is 32.2. The van der Waals surface area contributed by atoms with Gasteiger partial charge in [0.25, 0.3) is 5.91 Å². The van der Waals surface area contributed by atoms with E-state index in [0.29, 0.717) is 12.0 Å². The molecule has 3 rings (SSSR count). The summed E-state index contributed by atoms with van der Waals surface area (Å²) in [5, 5.41) is 0. The van der Waals surface area contributed by atoms with Gasteiger partial charge in [0.15, 0.2) is 0 Å². The van der Waals surface area contributed by atoms with Crippen LogP contribution in [0.15, 0.2) is 18.2 Å². The molecule has 23 heavy (non-hydrogen) atoms. The number of benzene rings is 1. The summed E-state index contributed by atoms with van der Waals surface area (Å²) >= 11 is 0. The Bertz CT molecular complexity index is 709. The van der Waals surface area contributed by atoms with E-state index in [9.17, 15) is 13.2 Å². The molecule has 2 aliphatic heterocycles.